The average molecular weight is 282 g/mol. The van der Waals surface area contributed by atoms with E-state index in [1.54, 1.807) is 7.11 Å². The quantitative estimate of drug-likeness (QED) is 0.874. The Morgan fingerprint density at radius 1 is 1.37 bits per heavy atom. The van der Waals surface area contributed by atoms with Crippen LogP contribution in [0.25, 0.3) is 0 Å². The summed E-state index contributed by atoms with van der Waals surface area (Å²) in [5.41, 5.74) is 1.51. The highest BCUT2D eigenvalue weighted by Crippen LogP contribution is 2.43. The van der Waals surface area contributed by atoms with Crippen LogP contribution in [0.4, 0.5) is 0 Å². The molecule has 0 aromatic heterocycles. The topological polar surface area (TPSA) is 21.3 Å². The third kappa shape index (κ3) is 2.96. The predicted molar refractivity (Wildman–Crippen MR) is 80.6 cm³/mol. The first-order chi connectivity index (χ1) is 8.98. The van der Waals surface area contributed by atoms with Gasteiger partial charge in [0.15, 0.2) is 0 Å². The second kappa shape index (κ2) is 5.82. The van der Waals surface area contributed by atoms with E-state index in [2.05, 4.69) is 38.2 Å². The maximum atomic E-state index is 5.95. The Kier molecular flexibility index (Phi) is 4.54. The maximum absolute atomic E-state index is 5.95. The van der Waals surface area contributed by atoms with Gasteiger partial charge >= 0.3 is 0 Å². The van der Waals surface area contributed by atoms with Gasteiger partial charge in [0.25, 0.3) is 0 Å². The number of rotatable bonds is 5. The maximum Gasteiger partial charge on any atom is 0.0652 e. The summed E-state index contributed by atoms with van der Waals surface area (Å²) >= 11 is 5.95. The monoisotopic (exact) mass is 281 g/mol. The second-order valence-corrected chi connectivity index (χ2v) is 6.45. The molecule has 1 aromatic rings. The Hall–Kier alpha value is -0.570. The number of hydrogen-bond donors (Lipinski definition) is 1. The third-order valence-electron chi connectivity index (χ3n) is 4.55. The lowest BCUT2D eigenvalue weighted by atomic mass is 9.64. The van der Waals surface area contributed by atoms with Crippen molar-refractivity contribution in [2.45, 2.75) is 51.8 Å². The van der Waals surface area contributed by atoms with Crippen molar-refractivity contribution in [2.24, 2.45) is 5.41 Å². The van der Waals surface area contributed by atoms with Gasteiger partial charge in [-0.3, -0.25) is 0 Å². The molecular weight excluding hydrogens is 258 g/mol. The van der Waals surface area contributed by atoms with E-state index in [0.29, 0.717) is 18.2 Å². The van der Waals surface area contributed by atoms with Gasteiger partial charge in [-0.2, -0.15) is 0 Å². The summed E-state index contributed by atoms with van der Waals surface area (Å²) in [6.07, 6.45) is 2.53. The fraction of sp³-hybridized carbons (Fsp3) is 0.625. The van der Waals surface area contributed by atoms with Crippen molar-refractivity contribution in [3.8, 4) is 0 Å². The van der Waals surface area contributed by atoms with Crippen LogP contribution in [-0.2, 0) is 4.74 Å². The first-order valence-electron chi connectivity index (χ1n) is 7.03. The Balaban J connectivity index is 2.03. The van der Waals surface area contributed by atoms with Gasteiger partial charge in [-0.1, -0.05) is 44.5 Å². The first kappa shape index (κ1) is 14.8. The Bertz CT molecular complexity index is 415. The minimum absolute atomic E-state index is 0.203. The van der Waals surface area contributed by atoms with E-state index < -0.39 is 0 Å². The molecule has 2 rings (SSSR count). The average Bonchev–Trinajstić information content (AvgIpc) is 2.39. The number of benzene rings is 1. The molecule has 1 N–H and O–H groups in total. The fourth-order valence-electron chi connectivity index (χ4n) is 2.96. The molecule has 1 aliphatic rings. The minimum atomic E-state index is 0.203. The van der Waals surface area contributed by atoms with Crippen LogP contribution in [-0.4, -0.2) is 19.3 Å². The highest BCUT2D eigenvalue weighted by molar-refractivity contribution is 6.30. The van der Waals surface area contributed by atoms with Gasteiger partial charge in [-0.25, -0.2) is 0 Å². The zero-order valence-electron chi connectivity index (χ0n) is 12.2. The van der Waals surface area contributed by atoms with Gasteiger partial charge < -0.3 is 10.1 Å². The van der Waals surface area contributed by atoms with Crippen molar-refractivity contribution in [3.63, 3.8) is 0 Å². The lowest BCUT2D eigenvalue weighted by Gasteiger charge is -2.52. The zero-order valence-corrected chi connectivity index (χ0v) is 13.0. The van der Waals surface area contributed by atoms with Crippen molar-refractivity contribution in [1.29, 1.82) is 0 Å². The first-order valence-corrected chi connectivity index (χ1v) is 7.41. The van der Waals surface area contributed by atoms with Crippen LogP contribution in [0.3, 0.4) is 0 Å². The lowest BCUT2D eigenvalue weighted by Crippen LogP contribution is -2.61. The third-order valence-corrected chi connectivity index (χ3v) is 4.80. The number of nitrogens with one attached hydrogen (secondary N) is 1. The largest absolute Gasteiger partial charge is 0.381 e. The molecule has 3 atom stereocenters. The van der Waals surface area contributed by atoms with Crippen molar-refractivity contribution >= 4 is 11.6 Å². The molecule has 1 fully saturated rings. The highest BCUT2D eigenvalue weighted by Gasteiger charge is 2.48. The SMILES string of the molecule is CCC(NC1CC(OC)C1(C)C)c1ccc(Cl)cc1. The lowest BCUT2D eigenvalue weighted by molar-refractivity contribution is -0.100. The molecule has 1 aliphatic carbocycles. The molecule has 3 heteroatoms. The van der Waals surface area contributed by atoms with Gasteiger partial charge in [0.1, 0.15) is 0 Å². The van der Waals surface area contributed by atoms with E-state index in [4.69, 9.17) is 16.3 Å². The van der Waals surface area contributed by atoms with Crippen molar-refractivity contribution in [1.82, 2.24) is 5.32 Å². The van der Waals surface area contributed by atoms with Crippen LogP contribution in [0.5, 0.6) is 0 Å². The molecule has 0 bridgehead atoms. The van der Waals surface area contributed by atoms with Gasteiger partial charge in [0, 0.05) is 29.6 Å². The predicted octanol–water partition coefficient (Wildman–Crippen LogP) is 4.19. The second-order valence-electron chi connectivity index (χ2n) is 6.01. The molecule has 0 radical (unpaired) electrons. The van der Waals surface area contributed by atoms with Crippen molar-refractivity contribution < 1.29 is 4.74 Å². The molecule has 0 saturated heterocycles. The van der Waals surface area contributed by atoms with Crippen LogP contribution in [0, 0.1) is 5.41 Å². The summed E-state index contributed by atoms with van der Waals surface area (Å²) in [4.78, 5) is 0. The van der Waals surface area contributed by atoms with Gasteiger partial charge in [-0.05, 0) is 30.5 Å². The number of methoxy groups -OCH3 is 1. The normalized spacial score (nSPS) is 26.8. The van der Waals surface area contributed by atoms with Crippen LogP contribution >= 0.6 is 11.6 Å². The van der Waals surface area contributed by atoms with Crippen LogP contribution < -0.4 is 5.32 Å². The van der Waals surface area contributed by atoms with Gasteiger partial charge in [0.2, 0.25) is 0 Å². The Morgan fingerprint density at radius 2 is 2.00 bits per heavy atom. The standard InChI is InChI=1S/C16H24ClNO/c1-5-13(11-6-8-12(17)9-7-11)18-14-10-15(19-4)16(14,2)3/h6-9,13-15,18H,5,10H2,1-4H3. The zero-order chi connectivity index (χ0) is 14.0. The molecule has 106 valence electrons. The summed E-state index contributed by atoms with van der Waals surface area (Å²) in [7, 11) is 1.80. The highest BCUT2D eigenvalue weighted by atomic mass is 35.5. The van der Waals surface area contributed by atoms with Crippen LogP contribution in [0.2, 0.25) is 5.02 Å². The van der Waals surface area contributed by atoms with Gasteiger partial charge in [-0.15, -0.1) is 0 Å². The van der Waals surface area contributed by atoms with Crippen molar-refractivity contribution in [2.75, 3.05) is 7.11 Å². The molecular formula is C16H24ClNO. The smallest absolute Gasteiger partial charge is 0.0652 e. The summed E-state index contributed by atoms with van der Waals surface area (Å²) in [5.74, 6) is 0. The minimum Gasteiger partial charge on any atom is -0.381 e. The van der Waals surface area contributed by atoms with E-state index in [9.17, 15) is 0 Å². The van der Waals surface area contributed by atoms with Crippen LogP contribution in [0.15, 0.2) is 24.3 Å². The summed E-state index contributed by atoms with van der Waals surface area (Å²) in [6, 6.07) is 9.06. The van der Waals surface area contributed by atoms with E-state index >= 15 is 0 Å². The molecule has 3 unspecified atom stereocenters. The molecule has 19 heavy (non-hydrogen) atoms. The summed E-state index contributed by atoms with van der Waals surface area (Å²) < 4.78 is 5.51. The molecule has 2 nitrogen and oxygen atoms in total. The Labute approximate surface area is 121 Å². The van der Waals surface area contributed by atoms with Gasteiger partial charge in [0.05, 0.1) is 6.10 Å². The number of halogens is 1. The van der Waals surface area contributed by atoms with Crippen molar-refractivity contribution in [3.05, 3.63) is 34.9 Å². The molecule has 1 aromatic carbocycles. The summed E-state index contributed by atoms with van der Waals surface area (Å²) in [5, 5.41) is 4.56. The molecule has 0 heterocycles. The molecule has 0 spiro atoms. The van der Waals surface area contributed by atoms with Crippen LogP contribution in [0.1, 0.15) is 45.2 Å². The molecule has 1 saturated carbocycles. The fourth-order valence-corrected chi connectivity index (χ4v) is 3.08. The van der Waals surface area contributed by atoms with E-state index in [1.807, 2.05) is 12.1 Å². The van der Waals surface area contributed by atoms with E-state index in [1.165, 1.54) is 5.56 Å². The summed E-state index contributed by atoms with van der Waals surface area (Å²) in [6.45, 7) is 6.76. The molecule has 0 amide bonds. The van der Waals surface area contributed by atoms with E-state index in [0.717, 1.165) is 17.9 Å². The van der Waals surface area contributed by atoms with E-state index in [-0.39, 0.29) is 5.41 Å². The number of hydrogen-bond acceptors (Lipinski definition) is 2. The molecule has 0 aliphatic heterocycles. The Morgan fingerprint density at radius 3 is 2.47 bits per heavy atom. The number of ether oxygens (including phenoxy) is 1.